The van der Waals surface area contributed by atoms with Gasteiger partial charge in [0.1, 0.15) is 0 Å². The molecule has 0 saturated heterocycles. The van der Waals surface area contributed by atoms with Crippen LogP contribution in [0.2, 0.25) is 0 Å². The molecular formula is C16H22N2O2S. The molecule has 1 N–H and O–H groups in total. The first-order chi connectivity index (χ1) is 9.99. The number of pyridine rings is 1. The number of anilines is 1. The molecule has 0 atom stereocenters. The minimum atomic E-state index is -3.21. The lowest BCUT2D eigenvalue weighted by Gasteiger charge is -2.54. The highest BCUT2D eigenvalue weighted by atomic mass is 32.2. The van der Waals surface area contributed by atoms with Gasteiger partial charge in [0.05, 0.1) is 11.9 Å². The summed E-state index contributed by atoms with van der Waals surface area (Å²) in [7, 11) is -3.21. The summed E-state index contributed by atoms with van der Waals surface area (Å²) < 4.78 is 22.9. The van der Waals surface area contributed by atoms with Crippen molar-refractivity contribution in [2.45, 2.75) is 43.2 Å². The molecule has 0 aliphatic heterocycles. The smallest absolute Gasteiger partial charge is 0.192 e. The summed E-state index contributed by atoms with van der Waals surface area (Å²) in [6, 6.07) is 4.02. The molecule has 4 aliphatic carbocycles. The minimum absolute atomic E-state index is 0.151. The maximum absolute atomic E-state index is 11.5. The maximum atomic E-state index is 11.5. The van der Waals surface area contributed by atoms with Crippen LogP contribution < -0.4 is 5.32 Å². The third kappa shape index (κ3) is 2.45. The lowest BCUT2D eigenvalue weighted by molar-refractivity contribution is 0.00753. The zero-order valence-electron chi connectivity index (χ0n) is 12.3. The van der Waals surface area contributed by atoms with E-state index in [0.29, 0.717) is 6.04 Å². The van der Waals surface area contributed by atoms with E-state index in [1.165, 1.54) is 38.4 Å². The van der Waals surface area contributed by atoms with Crippen molar-refractivity contribution >= 4 is 15.5 Å². The molecule has 1 heterocycles. The molecular weight excluding hydrogens is 284 g/mol. The second-order valence-electron chi connectivity index (χ2n) is 7.26. The Bertz CT molecular complexity index is 611. The fourth-order valence-electron chi connectivity index (χ4n) is 5.04. The molecule has 4 bridgehead atoms. The van der Waals surface area contributed by atoms with Crippen LogP contribution in [0.5, 0.6) is 0 Å². The SMILES string of the molecule is CS(=O)(=O)c1ccc(NC2C3CC4CC(C3)CC2C4)cn1. The zero-order chi connectivity index (χ0) is 14.6. The Hall–Kier alpha value is -1.10. The van der Waals surface area contributed by atoms with E-state index in [4.69, 9.17) is 0 Å². The monoisotopic (exact) mass is 306 g/mol. The van der Waals surface area contributed by atoms with Crippen LogP contribution in [0.25, 0.3) is 0 Å². The van der Waals surface area contributed by atoms with Crippen LogP contribution in [-0.4, -0.2) is 25.7 Å². The van der Waals surface area contributed by atoms with Gasteiger partial charge < -0.3 is 5.32 Å². The van der Waals surface area contributed by atoms with E-state index >= 15 is 0 Å². The topological polar surface area (TPSA) is 59.1 Å². The number of hydrogen-bond donors (Lipinski definition) is 1. The van der Waals surface area contributed by atoms with Crippen LogP contribution in [0.1, 0.15) is 32.1 Å². The maximum Gasteiger partial charge on any atom is 0.192 e. The summed E-state index contributed by atoms with van der Waals surface area (Å²) in [5.41, 5.74) is 0.958. The molecule has 4 fully saturated rings. The van der Waals surface area contributed by atoms with Crippen molar-refractivity contribution < 1.29 is 8.42 Å². The molecule has 1 aromatic rings. The predicted molar refractivity (Wildman–Crippen MR) is 81.8 cm³/mol. The summed E-state index contributed by atoms with van der Waals surface area (Å²) in [6.45, 7) is 0. The minimum Gasteiger partial charge on any atom is -0.381 e. The Balaban J connectivity index is 1.51. The van der Waals surface area contributed by atoms with Crippen LogP contribution in [0, 0.1) is 23.7 Å². The van der Waals surface area contributed by atoms with Crippen LogP contribution in [0.3, 0.4) is 0 Å². The largest absolute Gasteiger partial charge is 0.381 e. The fourth-order valence-corrected chi connectivity index (χ4v) is 5.60. The second kappa shape index (κ2) is 4.70. The fraction of sp³-hybridized carbons (Fsp3) is 0.688. The quantitative estimate of drug-likeness (QED) is 0.933. The first-order valence-electron chi connectivity index (χ1n) is 7.91. The van der Waals surface area contributed by atoms with E-state index in [2.05, 4.69) is 10.3 Å². The van der Waals surface area contributed by atoms with Crippen molar-refractivity contribution in [1.82, 2.24) is 4.98 Å². The molecule has 4 saturated carbocycles. The molecule has 0 unspecified atom stereocenters. The van der Waals surface area contributed by atoms with Gasteiger partial charge in [0, 0.05) is 12.3 Å². The lowest BCUT2D eigenvalue weighted by atomic mass is 9.54. The molecule has 0 amide bonds. The standard InChI is InChI=1S/C16H22N2O2S/c1-21(19,20)15-3-2-14(9-17-15)18-16-12-5-10-4-11(7-12)8-13(16)6-10/h2-3,9-13,16,18H,4-8H2,1H3. The first kappa shape index (κ1) is 13.6. The molecule has 0 aromatic carbocycles. The summed E-state index contributed by atoms with van der Waals surface area (Å²) in [6.07, 6.45) is 9.82. The lowest BCUT2D eigenvalue weighted by Crippen LogP contribution is -2.51. The molecule has 4 aliphatic rings. The summed E-state index contributed by atoms with van der Waals surface area (Å²) >= 11 is 0. The highest BCUT2D eigenvalue weighted by Gasteiger charge is 2.48. The summed E-state index contributed by atoms with van der Waals surface area (Å²) in [5.74, 6) is 3.54. The van der Waals surface area contributed by atoms with Crippen LogP contribution in [0.15, 0.2) is 23.4 Å². The summed E-state index contributed by atoms with van der Waals surface area (Å²) in [5, 5.41) is 3.80. The number of rotatable bonds is 3. The highest BCUT2D eigenvalue weighted by molar-refractivity contribution is 7.90. The van der Waals surface area contributed by atoms with E-state index in [-0.39, 0.29) is 5.03 Å². The van der Waals surface area contributed by atoms with Gasteiger partial charge in [-0.25, -0.2) is 13.4 Å². The average Bonchev–Trinajstić information content (AvgIpc) is 2.41. The van der Waals surface area contributed by atoms with Gasteiger partial charge in [-0.05, 0) is 67.9 Å². The van der Waals surface area contributed by atoms with Crippen molar-refractivity contribution in [1.29, 1.82) is 0 Å². The molecule has 0 radical (unpaired) electrons. The van der Waals surface area contributed by atoms with Crippen molar-refractivity contribution in [3.63, 3.8) is 0 Å². The number of aromatic nitrogens is 1. The van der Waals surface area contributed by atoms with Crippen molar-refractivity contribution in [3.8, 4) is 0 Å². The van der Waals surface area contributed by atoms with Crippen molar-refractivity contribution in [3.05, 3.63) is 18.3 Å². The molecule has 5 heteroatoms. The zero-order valence-corrected chi connectivity index (χ0v) is 13.1. The predicted octanol–water partition coefficient (Wildman–Crippen LogP) is 2.72. The van der Waals surface area contributed by atoms with Crippen LogP contribution in [0.4, 0.5) is 5.69 Å². The Morgan fingerprint density at radius 2 is 1.67 bits per heavy atom. The average molecular weight is 306 g/mol. The Morgan fingerprint density at radius 3 is 2.14 bits per heavy atom. The molecule has 21 heavy (non-hydrogen) atoms. The van der Waals surface area contributed by atoms with Gasteiger partial charge in [0.2, 0.25) is 0 Å². The molecule has 5 rings (SSSR count). The number of hydrogen-bond acceptors (Lipinski definition) is 4. The second-order valence-corrected chi connectivity index (χ2v) is 9.22. The van der Waals surface area contributed by atoms with Gasteiger partial charge in [0.25, 0.3) is 0 Å². The van der Waals surface area contributed by atoms with Gasteiger partial charge >= 0.3 is 0 Å². The van der Waals surface area contributed by atoms with Crippen molar-refractivity contribution in [2.75, 3.05) is 11.6 Å². The molecule has 0 spiro atoms. The summed E-state index contributed by atoms with van der Waals surface area (Å²) in [4.78, 5) is 4.08. The first-order valence-corrected chi connectivity index (χ1v) is 9.81. The van der Waals surface area contributed by atoms with Gasteiger partial charge in [0.15, 0.2) is 14.9 Å². The van der Waals surface area contributed by atoms with Gasteiger partial charge in [-0.1, -0.05) is 0 Å². The number of nitrogens with one attached hydrogen (secondary N) is 1. The Labute approximate surface area is 126 Å². The Kier molecular flexibility index (Phi) is 3.03. The normalized spacial score (nSPS) is 37.7. The molecule has 1 aromatic heterocycles. The van der Waals surface area contributed by atoms with Gasteiger partial charge in [-0.3, -0.25) is 0 Å². The van der Waals surface area contributed by atoms with Gasteiger partial charge in [-0.15, -0.1) is 0 Å². The van der Waals surface area contributed by atoms with Crippen LogP contribution in [-0.2, 0) is 9.84 Å². The Morgan fingerprint density at radius 1 is 1.05 bits per heavy atom. The van der Waals surface area contributed by atoms with Crippen LogP contribution >= 0.6 is 0 Å². The highest BCUT2D eigenvalue weighted by Crippen LogP contribution is 2.54. The number of sulfone groups is 1. The molecule has 4 nitrogen and oxygen atoms in total. The van der Waals surface area contributed by atoms with E-state index in [1.54, 1.807) is 12.3 Å². The van der Waals surface area contributed by atoms with Crippen molar-refractivity contribution in [2.24, 2.45) is 23.7 Å². The number of nitrogens with zero attached hydrogens (tertiary/aromatic N) is 1. The third-order valence-electron chi connectivity index (χ3n) is 5.68. The van der Waals surface area contributed by atoms with E-state index in [9.17, 15) is 8.42 Å². The van der Waals surface area contributed by atoms with E-state index in [0.717, 1.165) is 29.4 Å². The van der Waals surface area contributed by atoms with E-state index in [1.807, 2.05) is 6.07 Å². The molecule has 114 valence electrons. The van der Waals surface area contributed by atoms with E-state index < -0.39 is 9.84 Å². The van der Waals surface area contributed by atoms with Gasteiger partial charge in [-0.2, -0.15) is 0 Å². The third-order valence-corrected chi connectivity index (χ3v) is 6.68.